The first-order valence-electron chi connectivity index (χ1n) is 6.94. The summed E-state index contributed by atoms with van der Waals surface area (Å²) in [6.07, 6.45) is 0. The number of aromatic nitrogens is 2. The summed E-state index contributed by atoms with van der Waals surface area (Å²) in [5.41, 5.74) is 4.03. The summed E-state index contributed by atoms with van der Waals surface area (Å²) in [5, 5.41) is 7.67. The Morgan fingerprint density at radius 2 is 2.00 bits per heavy atom. The second-order valence-corrected chi connectivity index (χ2v) is 6.89. The highest BCUT2D eigenvalue weighted by Crippen LogP contribution is 2.16. The molecule has 0 saturated heterocycles. The third-order valence-corrected chi connectivity index (χ3v) is 5.04. The topological polar surface area (TPSA) is 62.2 Å². The standard InChI is InChI=1S/C14H21N5S2.HI/c1-5-15-14(16-6-12-10(3)18-8-20-12)17-7-13-19-9(2)11(4)21-13;/h8H,5-7H2,1-4H3,(H2,15,16,17);1H. The molecule has 2 aromatic heterocycles. The number of nitrogens with zero attached hydrogens (tertiary/aromatic N) is 3. The van der Waals surface area contributed by atoms with Crippen LogP contribution in [-0.4, -0.2) is 22.5 Å². The number of rotatable bonds is 5. The van der Waals surface area contributed by atoms with Gasteiger partial charge in [-0.3, -0.25) is 0 Å². The van der Waals surface area contributed by atoms with Crippen LogP contribution in [0.2, 0.25) is 0 Å². The Hall–Kier alpha value is -0.740. The lowest BCUT2D eigenvalue weighted by Gasteiger charge is -2.09. The molecule has 0 amide bonds. The fourth-order valence-corrected chi connectivity index (χ4v) is 3.32. The van der Waals surface area contributed by atoms with Gasteiger partial charge in [0.15, 0.2) is 5.96 Å². The van der Waals surface area contributed by atoms with Crippen LogP contribution in [0.1, 0.15) is 33.1 Å². The molecule has 0 fully saturated rings. The van der Waals surface area contributed by atoms with Gasteiger partial charge in [0.25, 0.3) is 0 Å². The van der Waals surface area contributed by atoms with Crippen molar-refractivity contribution in [2.75, 3.05) is 6.54 Å². The van der Waals surface area contributed by atoms with Crippen molar-refractivity contribution in [3.8, 4) is 0 Å². The first-order chi connectivity index (χ1) is 10.1. The Morgan fingerprint density at radius 1 is 1.23 bits per heavy atom. The van der Waals surface area contributed by atoms with Gasteiger partial charge in [0.1, 0.15) is 5.01 Å². The van der Waals surface area contributed by atoms with Gasteiger partial charge < -0.3 is 10.6 Å². The van der Waals surface area contributed by atoms with E-state index in [4.69, 9.17) is 0 Å². The van der Waals surface area contributed by atoms with Gasteiger partial charge in [-0.1, -0.05) is 0 Å². The van der Waals surface area contributed by atoms with Crippen LogP contribution >= 0.6 is 46.7 Å². The molecule has 0 aliphatic carbocycles. The van der Waals surface area contributed by atoms with Crippen molar-refractivity contribution in [1.82, 2.24) is 20.6 Å². The van der Waals surface area contributed by atoms with Crippen LogP contribution < -0.4 is 10.6 Å². The van der Waals surface area contributed by atoms with E-state index in [0.29, 0.717) is 13.1 Å². The molecule has 22 heavy (non-hydrogen) atoms. The van der Waals surface area contributed by atoms with E-state index >= 15 is 0 Å². The maximum atomic E-state index is 4.60. The lowest BCUT2D eigenvalue weighted by atomic mass is 10.4. The van der Waals surface area contributed by atoms with Gasteiger partial charge in [-0.25, -0.2) is 15.0 Å². The van der Waals surface area contributed by atoms with Gasteiger partial charge in [0, 0.05) is 16.3 Å². The normalized spacial score (nSPS) is 11.2. The second-order valence-electron chi connectivity index (χ2n) is 4.66. The van der Waals surface area contributed by atoms with Crippen molar-refractivity contribution in [3.63, 3.8) is 0 Å². The minimum atomic E-state index is 0. The summed E-state index contributed by atoms with van der Waals surface area (Å²) in [6, 6.07) is 0. The Kier molecular flexibility index (Phi) is 8.26. The predicted octanol–water partition coefficient (Wildman–Crippen LogP) is 3.40. The summed E-state index contributed by atoms with van der Waals surface area (Å²) < 4.78 is 0. The molecule has 0 atom stereocenters. The van der Waals surface area contributed by atoms with E-state index in [1.54, 1.807) is 22.7 Å². The Labute approximate surface area is 156 Å². The fraction of sp³-hybridized carbons (Fsp3) is 0.500. The molecule has 2 aromatic rings. The number of guanidine groups is 1. The van der Waals surface area contributed by atoms with Crippen LogP contribution in [0.15, 0.2) is 10.5 Å². The molecule has 122 valence electrons. The second kappa shape index (κ2) is 9.41. The molecule has 2 N–H and O–H groups in total. The maximum Gasteiger partial charge on any atom is 0.191 e. The summed E-state index contributed by atoms with van der Waals surface area (Å²) in [4.78, 5) is 15.9. The quantitative estimate of drug-likeness (QED) is 0.416. The largest absolute Gasteiger partial charge is 0.357 e. The van der Waals surface area contributed by atoms with Gasteiger partial charge in [0.2, 0.25) is 0 Å². The molecule has 0 bridgehead atoms. The van der Waals surface area contributed by atoms with Crippen molar-refractivity contribution in [2.24, 2.45) is 4.99 Å². The minimum absolute atomic E-state index is 0. The Bertz CT molecular complexity index is 601. The van der Waals surface area contributed by atoms with E-state index in [2.05, 4.69) is 39.4 Å². The average Bonchev–Trinajstić information content (AvgIpc) is 3.00. The smallest absolute Gasteiger partial charge is 0.191 e. The molecule has 0 aromatic carbocycles. The molecule has 5 nitrogen and oxygen atoms in total. The monoisotopic (exact) mass is 451 g/mol. The molecular weight excluding hydrogens is 429 g/mol. The van der Waals surface area contributed by atoms with Gasteiger partial charge in [-0.05, 0) is 27.7 Å². The molecule has 0 aliphatic heterocycles. The highest BCUT2D eigenvalue weighted by molar-refractivity contribution is 14.0. The molecule has 0 saturated carbocycles. The Morgan fingerprint density at radius 3 is 2.55 bits per heavy atom. The van der Waals surface area contributed by atoms with Gasteiger partial charge in [0.05, 0.1) is 30.0 Å². The van der Waals surface area contributed by atoms with Crippen molar-refractivity contribution in [3.05, 3.63) is 31.7 Å². The van der Waals surface area contributed by atoms with Crippen LogP contribution in [-0.2, 0) is 13.1 Å². The van der Waals surface area contributed by atoms with E-state index in [9.17, 15) is 0 Å². The lowest BCUT2D eigenvalue weighted by Crippen LogP contribution is -2.36. The predicted molar refractivity (Wildman–Crippen MR) is 106 cm³/mol. The number of hydrogen-bond acceptors (Lipinski definition) is 5. The number of hydrogen-bond donors (Lipinski definition) is 2. The van der Waals surface area contributed by atoms with Crippen LogP contribution in [0.25, 0.3) is 0 Å². The van der Waals surface area contributed by atoms with E-state index in [1.807, 2.05) is 19.4 Å². The number of aliphatic imine (C=N–C) groups is 1. The highest BCUT2D eigenvalue weighted by atomic mass is 127. The summed E-state index contributed by atoms with van der Waals surface area (Å²) in [7, 11) is 0. The third kappa shape index (κ3) is 5.47. The van der Waals surface area contributed by atoms with Crippen molar-refractivity contribution in [1.29, 1.82) is 0 Å². The first kappa shape index (κ1) is 19.3. The molecule has 2 rings (SSSR count). The molecule has 0 unspecified atom stereocenters. The zero-order valence-corrected chi connectivity index (χ0v) is 17.2. The number of thiazole rings is 2. The molecule has 8 heteroatoms. The summed E-state index contributed by atoms with van der Waals surface area (Å²) in [5.74, 6) is 0.816. The van der Waals surface area contributed by atoms with Crippen molar-refractivity contribution < 1.29 is 0 Å². The minimum Gasteiger partial charge on any atom is -0.357 e. The zero-order valence-electron chi connectivity index (χ0n) is 13.3. The SMILES string of the molecule is CCNC(=NCc1scnc1C)NCc1nc(C)c(C)s1.I. The van der Waals surface area contributed by atoms with Crippen LogP contribution in [0, 0.1) is 20.8 Å². The van der Waals surface area contributed by atoms with Gasteiger partial charge in [-0.2, -0.15) is 0 Å². The third-order valence-electron chi connectivity index (χ3n) is 3.05. The van der Waals surface area contributed by atoms with E-state index in [1.165, 1.54) is 9.75 Å². The number of nitrogens with one attached hydrogen (secondary N) is 2. The first-order valence-corrected chi connectivity index (χ1v) is 8.63. The van der Waals surface area contributed by atoms with Crippen LogP contribution in [0.4, 0.5) is 0 Å². The molecule has 0 aliphatic rings. The lowest BCUT2D eigenvalue weighted by molar-refractivity contribution is 0.810. The van der Waals surface area contributed by atoms with Gasteiger partial charge >= 0.3 is 0 Å². The summed E-state index contributed by atoms with van der Waals surface area (Å²) >= 11 is 3.37. The zero-order chi connectivity index (χ0) is 15.2. The van der Waals surface area contributed by atoms with E-state index < -0.39 is 0 Å². The van der Waals surface area contributed by atoms with E-state index in [-0.39, 0.29) is 24.0 Å². The fourth-order valence-electron chi connectivity index (χ4n) is 1.74. The maximum absolute atomic E-state index is 4.60. The molecule has 0 spiro atoms. The molecular formula is C14H22IN5S2. The number of aryl methyl sites for hydroxylation is 3. The molecule has 2 heterocycles. The van der Waals surface area contributed by atoms with Crippen molar-refractivity contribution >= 4 is 52.6 Å². The number of halogens is 1. The highest BCUT2D eigenvalue weighted by Gasteiger charge is 2.05. The van der Waals surface area contributed by atoms with Crippen molar-refractivity contribution in [2.45, 2.75) is 40.8 Å². The van der Waals surface area contributed by atoms with Gasteiger partial charge in [-0.15, -0.1) is 46.7 Å². The van der Waals surface area contributed by atoms with E-state index in [0.717, 1.165) is 28.9 Å². The summed E-state index contributed by atoms with van der Waals surface area (Å²) in [6.45, 7) is 10.4. The van der Waals surface area contributed by atoms with Crippen LogP contribution in [0.3, 0.4) is 0 Å². The molecule has 0 radical (unpaired) electrons. The Balaban J connectivity index is 0.00000242. The van der Waals surface area contributed by atoms with Crippen LogP contribution in [0.5, 0.6) is 0 Å². The average molecular weight is 451 g/mol.